The minimum Gasteiger partial charge on any atom is -0.504 e. The van der Waals surface area contributed by atoms with E-state index in [1.54, 1.807) is 0 Å². The number of rotatable bonds is 10. The van der Waals surface area contributed by atoms with Crippen LogP contribution in [0.2, 0.25) is 0 Å². The van der Waals surface area contributed by atoms with Crippen LogP contribution in [-0.4, -0.2) is 22.0 Å². The molecule has 0 aromatic heterocycles. The Balaban J connectivity index is 1.75. The maximum atomic E-state index is 12.0. The monoisotopic (exact) mass is 384 g/mol. The van der Waals surface area contributed by atoms with Gasteiger partial charge >= 0.3 is 0 Å². The molecular weight excluding hydrogens is 356 g/mol. The number of hydrogen-bond acceptors (Lipinski definition) is 4. The van der Waals surface area contributed by atoms with Gasteiger partial charge in [0, 0.05) is 17.4 Å². The number of nitrogens with one attached hydrogen (secondary N) is 2. The van der Waals surface area contributed by atoms with E-state index in [1.165, 1.54) is 55.9 Å². The van der Waals surface area contributed by atoms with Crippen molar-refractivity contribution in [2.24, 2.45) is 0 Å². The van der Waals surface area contributed by atoms with Crippen molar-refractivity contribution in [2.75, 3.05) is 10.6 Å². The molecule has 0 fully saturated rings. The van der Waals surface area contributed by atoms with Crippen molar-refractivity contribution >= 4 is 23.2 Å². The number of unbranched alkanes of at least 4 members (excludes halogenated alkanes) is 4. The fourth-order valence-electron chi connectivity index (χ4n) is 2.84. The lowest BCUT2D eigenvalue weighted by Crippen LogP contribution is -2.21. The molecule has 4 N–H and O–H groups in total. The van der Waals surface area contributed by atoms with Gasteiger partial charge in [0.1, 0.15) is 6.42 Å². The second kappa shape index (κ2) is 11.0. The number of aromatic hydroxyl groups is 2. The lowest BCUT2D eigenvalue weighted by Gasteiger charge is -2.08. The maximum Gasteiger partial charge on any atom is 0.233 e. The van der Waals surface area contributed by atoms with E-state index in [2.05, 4.69) is 17.6 Å². The van der Waals surface area contributed by atoms with E-state index in [9.17, 15) is 19.8 Å². The van der Waals surface area contributed by atoms with Crippen LogP contribution in [0.5, 0.6) is 11.5 Å². The number of carbonyl (C=O) groups is 2. The van der Waals surface area contributed by atoms with Crippen LogP contribution in [0, 0.1) is 0 Å². The van der Waals surface area contributed by atoms with Crippen LogP contribution in [-0.2, 0) is 16.0 Å². The zero-order valence-electron chi connectivity index (χ0n) is 16.2. The van der Waals surface area contributed by atoms with Crippen LogP contribution in [0.15, 0.2) is 42.5 Å². The third-order valence-electron chi connectivity index (χ3n) is 4.39. The summed E-state index contributed by atoms with van der Waals surface area (Å²) in [5.41, 5.74) is 2.19. The van der Waals surface area contributed by atoms with Crippen LogP contribution >= 0.6 is 0 Å². The molecule has 0 atom stereocenters. The highest BCUT2D eigenvalue weighted by Gasteiger charge is 2.11. The number of hydrogen-bond donors (Lipinski definition) is 4. The lowest BCUT2D eigenvalue weighted by atomic mass is 10.1. The van der Waals surface area contributed by atoms with Crippen LogP contribution < -0.4 is 10.6 Å². The Morgan fingerprint density at radius 1 is 0.786 bits per heavy atom. The van der Waals surface area contributed by atoms with Gasteiger partial charge in [0.25, 0.3) is 0 Å². The van der Waals surface area contributed by atoms with E-state index in [-0.39, 0.29) is 17.9 Å². The summed E-state index contributed by atoms with van der Waals surface area (Å²) in [6.07, 6.45) is 6.88. The highest BCUT2D eigenvalue weighted by atomic mass is 16.3. The first kappa shape index (κ1) is 21.3. The summed E-state index contributed by atoms with van der Waals surface area (Å²) in [4.78, 5) is 24.0. The first-order valence-corrected chi connectivity index (χ1v) is 9.68. The standard InChI is InChI=1S/C22H28N2O4/c1-2-3-4-5-6-7-16-8-10-17(11-9-16)23-21(27)15-22(28)24-18-12-13-19(25)20(26)14-18/h8-14,25-26H,2-7,15H2,1H3,(H,23,27)(H,24,28). The normalized spacial score (nSPS) is 10.5. The molecule has 2 amide bonds. The third kappa shape index (κ3) is 7.31. The van der Waals surface area contributed by atoms with Crippen molar-refractivity contribution in [1.82, 2.24) is 0 Å². The average molecular weight is 384 g/mol. The zero-order valence-corrected chi connectivity index (χ0v) is 16.2. The van der Waals surface area contributed by atoms with E-state index in [0.717, 1.165) is 6.42 Å². The minimum absolute atomic E-state index is 0.278. The number of benzene rings is 2. The molecule has 0 aliphatic heterocycles. The summed E-state index contributed by atoms with van der Waals surface area (Å²) in [6.45, 7) is 2.20. The zero-order chi connectivity index (χ0) is 20.4. The molecule has 2 rings (SSSR count). The van der Waals surface area contributed by atoms with Crippen molar-refractivity contribution in [1.29, 1.82) is 0 Å². The first-order chi connectivity index (χ1) is 13.5. The Bertz CT molecular complexity index is 788. The van der Waals surface area contributed by atoms with Gasteiger partial charge in [0.15, 0.2) is 11.5 Å². The summed E-state index contributed by atoms with van der Waals surface area (Å²) in [5, 5.41) is 23.9. The third-order valence-corrected chi connectivity index (χ3v) is 4.39. The summed E-state index contributed by atoms with van der Waals surface area (Å²) < 4.78 is 0. The number of aryl methyl sites for hydroxylation is 1. The van der Waals surface area contributed by atoms with Gasteiger partial charge in [-0.05, 0) is 42.7 Å². The molecule has 28 heavy (non-hydrogen) atoms. The molecule has 0 heterocycles. The number of amides is 2. The van der Waals surface area contributed by atoms with Crippen LogP contribution in [0.1, 0.15) is 51.0 Å². The molecular formula is C22H28N2O4. The van der Waals surface area contributed by atoms with E-state index < -0.39 is 11.8 Å². The average Bonchev–Trinajstić information content (AvgIpc) is 2.65. The molecule has 0 aliphatic carbocycles. The van der Waals surface area contributed by atoms with E-state index in [1.807, 2.05) is 24.3 Å². The number of phenols is 2. The smallest absolute Gasteiger partial charge is 0.233 e. The highest BCUT2D eigenvalue weighted by molar-refractivity contribution is 6.08. The van der Waals surface area contributed by atoms with Gasteiger partial charge in [-0.1, -0.05) is 44.7 Å². The fourth-order valence-corrected chi connectivity index (χ4v) is 2.84. The fraction of sp³-hybridized carbons (Fsp3) is 0.364. The molecule has 0 saturated carbocycles. The first-order valence-electron chi connectivity index (χ1n) is 9.68. The second-order valence-corrected chi connectivity index (χ2v) is 6.84. The summed E-state index contributed by atoms with van der Waals surface area (Å²) >= 11 is 0. The molecule has 0 aliphatic rings. The van der Waals surface area contributed by atoms with Crippen molar-refractivity contribution in [3.63, 3.8) is 0 Å². The predicted molar refractivity (Wildman–Crippen MR) is 111 cm³/mol. The molecule has 0 unspecified atom stereocenters. The number of phenolic OH excluding ortho intramolecular Hbond substituents is 2. The van der Waals surface area contributed by atoms with Crippen molar-refractivity contribution in [2.45, 2.75) is 51.9 Å². The van der Waals surface area contributed by atoms with Gasteiger partial charge < -0.3 is 20.8 Å². The largest absolute Gasteiger partial charge is 0.504 e. The Morgan fingerprint density at radius 2 is 1.39 bits per heavy atom. The van der Waals surface area contributed by atoms with Gasteiger partial charge in [-0.2, -0.15) is 0 Å². The van der Waals surface area contributed by atoms with Crippen molar-refractivity contribution < 1.29 is 19.8 Å². The molecule has 0 bridgehead atoms. The summed E-state index contributed by atoms with van der Waals surface area (Å²) in [5.74, 6) is -1.55. The summed E-state index contributed by atoms with van der Waals surface area (Å²) in [6, 6.07) is 11.6. The minimum atomic E-state index is -0.508. The van der Waals surface area contributed by atoms with E-state index in [0.29, 0.717) is 11.4 Å². The number of anilines is 2. The Labute approximate surface area is 165 Å². The molecule has 0 radical (unpaired) electrons. The van der Waals surface area contributed by atoms with E-state index in [4.69, 9.17) is 0 Å². The molecule has 2 aromatic carbocycles. The molecule has 2 aromatic rings. The quantitative estimate of drug-likeness (QED) is 0.209. The topological polar surface area (TPSA) is 98.7 Å². The SMILES string of the molecule is CCCCCCCc1ccc(NC(=O)CC(=O)Nc2ccc(O)c(O)c2)cc1. The Morgan fingerprint density at radius 3 is 2.04 bits per heavy atom. The highest BCUT2D eigenvalue weighted by Crippen LogP contribution is 2.27. The molecule has 150 valence electrons. The van der Waals surface area contributed by atoms with Crippen LogP contribution in [0.25, 0.3) is 0 Å². The predicted octanol–water partition coefficient (Wildman–Crippen LogP) is 4.58. The molecule has 0 saturated heterocycles. The molecule has 6 heteroatoms. The summed E-state index contributed by atoms with van der Waals surface area (Å²) in [7, 11) is 0. The lowest BCUT2D eigenvalue weighted by molar-refractivity contribution is -0.123. The van der Waals surface area contributed by atoms with Crippen molar-refractivity contribution in [3.05, 3.63) is 48.0 Å². The van der Waals surface area contributed by atoms with Crippen LogP contribution in [0.3, 0.4) is 0 Å². The van der Waals surface area contributed by atoms with Gasteiger partial charge in [-0.15, -0.1) is 0 Å². The van der Waals surface area contributed by atoms with Gasteiger partial charge in [-0.25, -0.2) is 0 Å². The van der Waals surface area contributed by atoms with Gasteiger partial charge in [0.2, 0.25) is 11.8 Å². The second-order valence-electron chi connectivity index (χ2n) is 6.84. The number of carbonyl (C=O) groups excluding carboxylic acids is 2. The molecule has 6 nitrogen and oxygen atoms in total. The molecule has 0 spiro atoms. The van der Waals surface area contributed by atoms with Crippen molar-refractivity contribution in [3.8, 4) is 11.5 Å². The Hall–Kier alpha value is -3.02. The van der Waals surface area contributed by atoms with Gasteiger partial charge in [-0.3, -0.25) is 9.59 Å². The van der Waals surface area contributed by atoms with Gasteiger partial charge in [0.05, 0.1) is 0 Å². The van der Waals surface area contributed by atoms with Crippen LogP contribution in [0.4, 0.5) is 11.4 Å². The van der Waals surface area contributed by atoms with E-state index >= 15 is 0 Å². The maximum absolute atomic E-state index is 12.0. The Kier molecular flexibility index (Phi) is 8.34.